The van der Waals surface area contributed by atoms with E-state index in [1.165, 1.54) is 0 Å². The summed E-state index contributed by atoms with van der Waals surface area (Å²) < 4.78 is 8.17. The van der Waals surface area contributed by atoms with Crippen LogP contribution in [0.4, 0.5) is 0 Å². The Hall–Kier alpha value is -0.360. The molecule has 0 aliphatic rings. The van der Waals surface area contributed by atoms with Crippen molar-refractivity contribution in [2.45, 2.75) is 25.5 Å². The van der Waals surface area contributed by atoms with E-state index in [-0.39, 0.29) is 12.1 Å². The number of nitrogens with two attached hydrogens (primary N) is 1. The fraction of sp³-hybridized carbons (Fsp3) is 0.286. The highest BCUT2D eigenvalue weighted by atomic mass is 79.9. The largest absolute Gasteiger partial charge is 0.483 e. The Morgan fingerprint density at radius 2 is 2.05 bits per heavy atom. The van der Waals surface area contributed by atoms with E-state index >= 15 is 0 Å². The summed E-state index contributed by atoms with van der Waals surface area (Å²) in [5.74, 6) is 0.827. The van der Waals surface area contributed by atoms with Crippen LogP contribution in [0.2, 0.25) is 0 Å². The maximum absolute atomic E-state index is 6.20. The third-order valence-electron chi connectivity index (χ3n) is 2.79. The highest BCUT2D eigenvalue weighted by Crippen LogP contribution is 2.33. The third-order valence-corrected chi connectivity index (χ3v) is 4.97. The minimum Gasteiger partial charge on any atom is -0.483 e. The van der Waals surface area contributed by atoms with Crippen LogP contribution in [0.3, 0.4) is 0 Å². The summed E-state index contributed by atoms with van der Waals surface area (Å²) in [6, 6.07) is 11.9. The summed E-state index contributed by atoms with van der Waals surface area (Å²) in [6.45, 7) is 2.07. The van der Waals surface area contributed by atoms with Gasteiger partial charge in [0, 0.05) is 15.4 Å². The van der Waals surface area contributed by atoms with E-state index in [0.717, 1.165) is 25.3 Å². The third kappa shape index (κ3) is 4.05. The summed E-state index contributed by atoms with van der Waals surface area (Å²) in [6.07, 6.45) is 0.754. The summed E-state index contributed by atoms with van der Waals surface area (Å²) >= 11 is 8.60. The van der Waals surface area contributed by atoms with Gasteiger partial charge in [0.1, 0.15) is 11.9 Å². The molecule has 102 valence electrons. The zero-order valence-corrected chi connectivity index (χ0v) is 14.5. The smallest absolute Gasteiger partial charge is 0.148 e. The zero-order chi connectivity index (χ0) is 13.8. The van der Waals surface area contributed by atoms with Crippen molar-refractivity contribution in [1.82, 2.24) is 0 Å². The molecule has 0 bridgehead atoms. The van der Waals surface area contributed by atoms with Crippen LogP contribution in [0.15, 0.2) is 44.7 Å². The second-order valence-corrected chi connectivity index (χ2v) is 7.62. The van der Waals surface area contributed by atoms with Gasteiger partial charge in [-0.2, -0.15) is 0 Å². The van der Waals surface area contributed by atoms with E-state index in [2.05, 4.69) is 44.8 Å². The van der Waals surface area contributed by atoms with Gasteiger partial charge in [0.2, 0.25) is 0 Å². The molecule has 2 atom stereocenters. The molecule has 0 spiro atoms. The maximum atomic E-state index is 6.20. The fourth-order valence-electron chi connectivity index (χ4n) is 1.74. The first-order valence-electron chi connectivity index (χ1n) is 6.03. The predicted molar refractivity (Wildman–Crippen MR) is 87.8 cm³/mol. The Bertz CT molecular complexity index is 544. The summed E-state index contributed by atoms with van der Waals surface area (Å²) in [5, 5.41) is 0. The van der Waals surface area contributed by atoms with Crippen molar-refractivity contribution in [1.29, 1.82) is 0 Å². The lowest BCUT2D eigenvalue weighted by Gasteiger charge is -2.23. The number of ether oxygens (including phenoxy) is 1. The molecule has 0 amide bonds. The topological polar surface area (TPSA) is 35.2 Å². The lowest BCUT2D eigenvalue weighted by Crippen LogP contribution is -2.30. The Kier molecular flexibility index (Phi) is 5.45. The molecule has 0 aliphatic carbocycles. The number of halogens is 2. The molecular formula is C14H15Br2NOS. The van der Waals surface area contributed by atoms with Crippen molar-refractivity contribution in [3.05, 3.63) is 49.5 Å². The Morgan fingerprint density at radius 1 is 1.26 bits per heavy atom. The average molecular weight is 405 g/mol. The van der Waals surface area contributed by atoms with Crippen molar-refractivity contribution in [2.75, 3.05) is 0 Å². The van der Waals surface area contributed by atoms with Gasteiger partial charge in [-0.05, 0) is 52.7 Å². The number of hydrogen-bond acceptors (Lipinski definition) is 3. The summed E-state index contributed by atoms with van der Waals surface area (Å²) in [4.78, 5) is 1.14. The molecule has 2 unspecified atom stereocenters. The molecule has 1 aromatic heterocycles. The first-order valence-corrected chi connectivity index (χ1v) is 8.43. The lowest BCUT2D eigenvalue weighted by molar-refractivity contribution is 0.174. The Balaban J connectivity index is 2.24. The molecule has 1 aromatic carbocycles. The molecule has 2 rings (SSSR count). The summed E-state index contributed by atoms with van der Waals surface area (Å²) in [7, 11) is 0. The Morgan fingerprint density at radius 3 is 2.63 bits per heavy atom. The molecule has 0 fully saturated rings. The molecule has 2 N–H and O–H groups in total. The first-order chi connectivity index (χ1) is 9.10. The van der Waals surface area contributed by atoms with E-state index in [1.54, 1.807) is 11.3 Å². The predicted octanol–water partition coefficient (Wildman–Crippen LogP) is 5.13. The fourth-order valence-corrected chi connectivity index (χ4v) is 3.65. The van der Waals surface area contributed by atoms with Gasteiger partial charge < -0.3 is 10.5 Å². The van der Waals surface area contributed by atoms with E-state index < -0.39 is 0 Å². The van der Waals surface area contributed by atoms with Gasteiger partial charge in [0.15, 0.2) is 0 Å². The molecule has 5 heteroatoms. The van der Waals surface area contributed by atoms with Crippen LogP contribution in [0.5, 0.6) is 5.75 Å². The number of thiophene rings is 1. The van der Waals surface area contributed by atoms with Crippen molar-refractivity contribution < 1.29 is 4.74 Å². The quantitative estimate of drug-likeness (QED) is 0.749. The highest BCUT2D eigenvalue weighted by Gasteiger charge is 2.22. The van der Waals surface area contributed by atoms with Crippen LogP contribution in [0.25, 0.3) is 0 Å². The number of hydrogen-bond donors (Lipinski definition) is 1. The van der Waals surface area contributed by atoms with Crippen LogP contribution >= 0.6 is 43.2 Å². The second kappa shape index (κ2) is 6.88. The van der Waals surface area contributed by atoms with Gasteiger partial charge in [-0.1, -0.05) is 28.9 Å². The van der Waals surface area contributed by atoms with Gasteiger partial charge in [-0.3, -0.25) is 0 Å². The van der Waals surface area contributed by atoms with Gasteiger partial charge in [0.05, 0.1) is 3.79 Å². The molecular weight excluding hydrogens is 390 g/mol. The van der Waals surface area contributed by atoms with Gasteiger partial charge in [-0.15, -0.1) is 11.3 Å². The van der Waals surface area contributed by atoms with E-state index in [4.69, 9.17) is 10.5 Å². The number of rotatable bonds is 5. The normalized spacial score (nSPS) is 14.1. The van der Waals surface area contributed by atoms with Crippen LogP contribution in [-0.2, 0) is 0 Å². The minimum absolute atomic E-state index is 0.0236. The van der Waals surface area contributed by atoms with Crippen molar-refractivity contribution in [2.24, 2.45) is 5.73 Å². The molecule has 0 saturated heterocycles. The van der Waals surface area contributed by atoms with Gasteiger partial charge in [0.25, 0.3) is 0 Å². The van der Waals surface area contributed by atoms with Crippen LogP contribution in [0, 0.1) is 0 Å². The second-order valence-electron chi connectivity index (χ2n) is 4.21. The monoisotopic (exact) mass is 403 g/mol. The van der Waals surface area contributed by atoms with Crippen LogP contribution < -0.4 is 10.5 Å². The first kappa shape index (κ1) is 15.0. The maximum Gasteiger partial charge on any atom is 0.148 e. The standard InChI is InChI=1S/C14H15Br2NOS/c1-2-11(17)14(12-6-7-13(16)19-12)18-10-5-3-4-9(15)8-10/h3-8,11,14H,2,17H2,1H3. The molecule has 1 heterocycles. The van der Waals surface area contributed by atoms with Crippen LogP contribution in [0.1, 0.15) is 24.3 Å². The minimum atomic E-state index is -0.115. The van der Waals surface area contributed by atoms with E-state index in [0.29, 0.717) is 0 Å². The molecule has 19 heavy (non-hydrogen) atoms. The highest BCUT2D eigenvalue weighted by molar-refractivity contribution is 9.11. The molecule has 0 aliphatic heterocycles. The molecule has 0 radical (unpaired) electrons. The van der Waals surface area contributed by atoms with Crippen molar-refractivity contribution in [3.63, 3.8) is 0 Å². The van der Waals surface area contributed by atoms with E-state index in [1.807, 2.05) is 30.3 Å². The molecule has 0 saturated carbocycles. The van der Waals surface area contributed by atoms with Gasteiger partial charge in [-0.25, -0.2) is 0 Å². The van der Waals surface area contributed by atoms with Crippen molar-refractivity contribution >= 4 is 43.2 Å². The SMILES string of the molecule is CCC(N)C(Oc1cccc(Br)c1)c1ccc(Br)s1. The molecule has 2 aromatic rings. The lowest BCUT2D eigenvalue weighted by atomic mass is 10.1. The average Bonchev–Trinajstić information content (AvgIpc) is 2.81. The number of benzene rings is 1. The van der Waals surface area contributed by atoms with Gasteiger partial charge >= 0.3 is 0 Å². The Labute approximate surface area is 134 Å². The zero-order valence-electron chi connectivity index (χ0n) is 10.5. The van der Waals surface area contributed by atoms with Crippen molar-refractivity contribution in [3.8, 4) is 5.75 Å². The summed E-state index contributed by atoms with van der Waals surface area (Å²) in [5.41, 5.74) is 6.20. The molecule has 2 nitrogen and oxygen atoms in total. The van der Waals surface area contributed by atoms with Crippen LogP contribution in [-0.4, -0.2) is 6.04 Å². The van der Waals surface area contributed by atoms with E-state index in [9.17, 15) is 0 Å².